The van der Waals surface area contributed by atoms with E-state index in [2.05, 4.69) is 13.8 Å². The Morgan fingerprint density at radius 3 is 2.44 bits per heavy atom. The van der Waals surface area contributed by atoms with Crippen LogP contribution < -0.4 is 4.74 Å². The van der Waals surface area contributed by atoms with Gasteiger partial charge in [-0.3, -0.25) is 0 Å². The summed E-state index contributed by atoms with van der Waals surface area (Å²) in [5.74, 6) is 1.85. The topological polar surface area (TPSA) is 9.23 Å². The molecule has 0 radical (unpaired) electrons. The van der Waals surface area contributed by atoms with Crippen molar-refractivity contribution < 1.29 is 9.13 Å². The van der Waals surface area contributed by atoms with E-state index in [0.717, 1.165) is 12.8 Å². The molecule has 88 valence electrons. The molecular weight excluding hydrogens is 203 g/mol. The van der Waals surface area contributed by atoms with Crippen LogP contribution in [-0.4, -0.2) is 6.10 Å². The zero-order valence-electron chi connectivity index (χ0n) is 9.95. The van der Waals surface area contributed by atoms with E-state index in [4.69, 9.17) is 4.74 Å². The SMILES string of the molecule is CC1CC(C)CC(Oc2cccc(F)c2)C1. The molecule has 1 aromatic rings. The van der Waals surface area contributed by atoms with E-state index in [0.29, 0.717) is 17.6 Å². The molecule has 0 N–H and O–H groups in total. The van der Waals surface area contributed by atoms with Gasteiger partial charge in [0.25, 0.3) is 0 Å². The third-order valence-corrected chi connectivity index (χ3v) is 3.23. The molecule has 0 aromatic heterocycles. The Labute approximate surface area is 96.6 Å². The van der Waals surface area contributed by atoms with Gasteiger partial charge in [-0.05, 0) is 43.2 Å². The Balaban J connectivity index is 1.98. The Morgan fingerprint density at radius 1 is 1.12 bits per heavy atom. The van der Waals surface area contributed by atoms with E-state index in [1.807, 2.05) is 6.07 Å². The molecular formula is C14H19FO. The second-order valence-electron chi connectivity index (χ2n) is 5.11. The molecule has 0 saturated heterocycles. The summed E-state index contributed by atoms with van der Waals surface area (Å²) in [6, 6.07) is 6.43. The summed E-state index contributed by atoms with van der Waals surface area (Å²) in [6.45, 7) is 4.52. The number of benzene rings is 1. The molecule has 1 aliphatic carbocycles. The molecule has 1 aromatic carbocycles. The van der Waals surface area contributed by atoms with Crippen LogP contribution in [0.2, 0.25) is 0 Å². The van der Waals surface area contributed by atoms with Crippen molar-refractivity contribution in [1.29, 1.82) is 0 Å². The summed E-state index contributed by atoms with van der Waals surface area (Å²) in [7, 11) is 0. The summed E-state index contributed by atoms with van der Waals surface area (Å²) < 4.78 is 18.8. The fraction of sp³-hybridized carbons (Fsp3) is 0.571. The van der Waals surface area contributed by atoms with Crippen molar-refractivity contribution in [3.63, 3.8) is 0 Å². The summed E-state index contributed by atoms with van der Waals surface area (Å²) in [5, 5.41) is 0. The molecule has 1 aliphatic rings. The molecule has 0 bridgehead atoms. The van der Waals surface area contributed by atoms with Gasteiger partial charge in [0.2, 0.25) is 0 Å². The maximum atomic E-state index is 13.0. The van der Waals surface area contributed by atoms with Gasteiger partial charge in [-0.2, -0.15) is 0 Å². The van der Waals surface area contributed by atoms with Crippen LogP contribution >= 0.6 is 0 Å². The standard InChI is InChI=1S/C14H19FO/c1-10-6-11(2)8-14(7-10)16-13-5-3-4-12(15)9-13/h3-5,9-11,14H,6-8H2,1-2H3. The van der Waals surface area contributed by atoms with Gasteiger partial charge in [-0.1, -0.05) is 19.9 Å². The van der Waals surface area contributed by atoms with E-state index >= 15 is 0 Å². The van der Waals surface area contributed by atoms with Gasteiger partial charge in [0.15, 0.2) is 0 Å². The minimum absolute atomic E-state index is 0.227. The lowest BCUT2D eigenvalue weighted by Crippen LogP contribution is -2.28. The molecule has 0 amide bonds. The van der Waals surface area contributed by atoms with E-state index in [-0.39, 0.29) is 11.9 Å². The van der Waals surface area contributed by atoms with E-state index in [1.54, 1.807) is 6.07 Å². The molecule has 0 aliphatic heterocycles. The van der Waals surface area contributed by atoms with Crippen molar-refractivity contribution >= 4 is 0 Å². The number of rotatable bonds is 2. The van der Waals surface area contributed by atoms with Crippen molar-refractivity contribution in [3.8, 4) is 5.75 Å². The molecule has 0 heterocycles. The van der Waals surface area contributed by atoms with Crippen LogP contribution in [0.3, 0.4) is 0 Å². The molecule has 0 spiro atoms. The molecule has 1 nitrogen and oxygen atoms in total. The molecule has 2 heteroatoms. The lowest BCUT2D eigenvalue weighted by Gasteiger charge is -2.31. The van der Waals surface area contributed by atoms with Crippen LogP contribution in [0.5, 0.6) is 5.75 Å². The lowest BCUT2D eigenvalue weighted by molar-refractivity contribution is 0.101. The highest BCUT2D eigenvalue weighted by molar-refractivity contribution is 5.22. The minimum atomic E-state index is -0.227. The predicted octanol–water partition coefficient (Wildman–Crippen LogP) is 4.03. The Bertz CT molecular complexity index is 340. The highest BCUT2D eigenvalue weighted by Crippen LogP contribution is 2.31. The fourth-order valence-electron chi connectivity index (χ4n) is 2.70. The Morgan fingerprint density at radius 2 is 1.81 bits per heavy atom. The first-order chi connectivity index (χ1) is 7.63. The molecule has 1 saturated carbocycles. The van der Waals surface area contributed by atoms with Gasteiger partial charge < -0.3 is 4.74 Å². The van der Waals surface area contributed by atoms with Gasteiger partial charge in [0.05, 0.1) is 6.10 Å². The molecule has 2 atom stereocenters. The zero-order chi connectivity index (χ0) is 11.5. The molecule has 2 rings (SSSR count). The smallest absolute Gasteiger partial charge is 0.126 e. The van der Waals surface area contributed by atoms with Crippen LogP contribution in [0, 0.1) is 17.7 Å². The van der Waals surface area contributed by atoms with Crippen LogP contribution in [0.4, 0.5) is 4.39 Å². The largest absolute Gasteiger partial charge is 0.490 e. The van der Waals surface area contributed by atoms with Gasteiger partial charge in [0, 0.05) is 6.07 Å². The van der Waals surface area contributed by atoms with Gasteiger partial charge in [-0.15, -0.1) is 0 Å². The van der Waals surface area contributed by atoms with Crippen LogP contribution in [0.15, 0.2) is 24.3 Å². The van der Waals surface area contributed by atoms with Crippen LogP contribution in [0.1, 0.15) is 33.1 Å². The van der Waals surface area contributed by atoms with Crippen molar-refractivity contribution in [2.45, 2.75) is 39.2 Å². The normalized spacial score (nSPS) is 30.1. The third kappa shape index (κ3) is 2.97. The highest BCUT2D eigenvalue weighted by atomic mass is 19.1. The Hall–Kier alpha value is -1.05. The van der Waals surface area contributed by atoms with Gasteiger partial charge in [0.1, 0.15) is 11.6 Å². The van der Waals surface area contributed by atoms with Crippen molar-refractivity contribution in [3.05, 3.63) is 30.1 Å². The predicted molar refractivity (Wildman–Crippen MR) is 63.0 cm³/mol. The summed E-state index contributed by atoms with van der Waals surface area (Å²) in [4.78, 5) is 0. The maximum absolute atomic E-state index is 13.0. The average Bonchev–Trinajstić information content (AvgIpc) is 2.15. The van der Waals surface area contributed by atoms with Gasteiger partial charge in [-0.25, -0.2) is 4.39 Å². The second-order valence-corrected chi connectivity index (χ2v) is 5.11. The first kappa shape index (κ1) is 11.4. The number of ether oxygens (including phenoxy) is 1. The second kappa shape index (κ2) is 4.86. The summed E-state index contributed by atoms with van der Waals surface area (Å²) in [6.07, 6.45) is 3.70. The first-order valence-corrected chi connectivity index (χ1v) is 6.05. The average molecular weight is 222 g/mol. The van der Waals surface area contributed by atoms with E-state index < -0.39 is 0 Å². The molecule has 2 unspecified atom stereocenters. The quantitative estimate of drug-likeness (QED) is 0.734. The Kier molecular flexibility index (Phi) is 3.47. The van der Waals surface area contributed by atoms with Crippen molar-refractivity contribution in [2.24, 2.45) is 11.8 Å². The lowest BCUT2D eigenvalue weighted by atomic mass is 9.82. The maximum Gasteiger partial charge on any atom is 0.126 e. The number of hydrogen-bond acceptors (Lipinski definition) is 1. The van der Waals surface area contributed by atoms with Crippen molar-refractivity contribution in [2.75, 3.05) is 0 Å². The monoisotopic (exact) mass is 222 g/mol. The van der Waals surface area contributed by atoms with Crippen molar-refractivity contribution in [1.82, 2.24) is 0 Å². The fourth-order valence-corrected chi connectivity index (χ4v) is 2.70. The zero-order valence-corrected chi connectivity index (χ0v) is 9.95. The van der Waals surface area contributed by atoms with Crippen LogP contribution in [-0.2, 0) is 0 Å². The summed E-state index contributed by atoms with van der Waals surface area (Å²) >= 11 is 0. The van der Waals surface area contributed by atoms with E-state index in [9.17, 15) is 4.39 Å². The van der Waals surface area contributed by atoms with Crippen LogP contribution in [0.25, 0.3) is 0 Å². The highest BCUT2D eigenvalue weighted by Gasteiger charge is 2.25. The van der Waals surface area contributed by atoms with E-state index in [1.165, 1.54) is 18.6 Å². The first-order valence-electron chi connectivity index (χ1n) is 6.05. The molecule has 16 heavy (non-hydrogen) atoms. The number of hydrogen-bond donors (Lipinski definition) is 0. The number of halogens is 1. The summed E-state index contributed by atoms with van der Waals surface area (Å²) in [5.41, 5.74) is 0. The van der Waals surface area contributed by atoms with Gasteiger partial charge >= 0.3 is 0 Å². The molecule has 1 fully saturated rings. The minimum Gasteiger partial charge on any atom is -0.490 e. The third-order valence-electron chi connectivity index (χ3n) is 3.23.